The van der Waals surface area contributed by atoms with Crippen molar-refractivity contribution in [1.29, 1.82) is 0 Å². The molecule has 3 fully saturated rings. The van der Waals surface area contributed by atoms with Crippen LogP contribution < -0.4 is 0 Å². The Bertz CT molecular complexity index is 728. The minimum absolute atomic E-state index is 0.0139. The summed E-state index contributed by atoms with van der Waals surface area (Å²) in [5.74, 6) is -1.74. The first-order chi connectivity index (χ1) is 12.8. The van der Waals surface area contributed by atoms with Gasteiger partial charge >= 0.3 is 5.97 Å². The highest BCUT2D eigenvalue weighted by molar-refractivity contribution is 5.75. The van der Waals surface area contributed by atoms with E-state index >= 15 is 0 Å². The lowest BCUT2D eigenvalue weighted by Gasteiger charge is -2.50. The third-order valence-corrected chi connectivity index (χ3v) is 7.78. The molecular formula is C21H28O6. The Morgan fingerprint density at radius 3 is 2.85 bits per heavy atom. The SMILES string of the molecule is C[C@]12OC=C3CC[C@H]4[C@H](C(=O)O[C@H](CO1)[C@@H]32)C(O)C=C1C[C@@H](O)CC[C@@]14C. The Balaban J connectivity index is 1.53. The lowest BCUT2D eigenvalue weighted by molar-refractivity contribution is -0.165. The number of aliphatic hydroxyl groups is 2. The molecule has 1 unspecified atom stereocenters. The second-order valence-corrected chi connectivity index (χ2v) is 9.26. The van der Waals surface area contributed by atoms with E-state index in [0.717, 1.165) is 36.8 Å². The van der Waals surface area contributed by atoms with Crippen molar-refractivity contribution in [2.75, 3.05) is 6.61 Å². The minimum atomic E-state index is -0.868. The van der Waals surface area contributed by atoms with Crippen molar-refractivity contribution in [3.63, 3.8) is 0 Å². The molecule has 6 nitrogen and oxygen atoms in total. The number of hydrogen-bond donors (Lipinski definition) is 2. The molecule has 6 heteroatoms. The molecule has 0 bridgehead atoms. The van der Waals surface area contributed by atoms with E-state index in [1.807, 2.05) is 6.92 Å². The Hall–Kier alpha value is -1.37. The van der Waals surface area contributed by atoms with Crippen LogP contribution in [0.2, 0.25) is 0 Å². The van der Waals surface area contributed by atoms with Crippen molar-refractivity contribution in [1.82, 2.24) is 0 Å². The first-order valence-corrected chi connectivity index (χ1v) is 10.1. The highest BCUT2D eigenvalue weighted by Crippen LogP contribution is 2.56. The van der Waals surface area contributed by atoms with Gasteiger partial charge in [0.25, 0.3) is 0 Å². The number of hydrogen-bond acceptors (Lipinski definition) is 6. The van der Waals surface area contributed by atoms with Crippen molar-refractivity contribution in [3.05, 3.63) is 23.5 Å². The van der Waals surface area contributed by atoms with E-state index in [-0.39, 0.29) is 35.4 Å². The maximum atomic E-state index is 13.1. The molecule has 0 spiro atoms. The summed E-state index contributed by atoms with van der Waals surface area (Å²) < 4.78 is 17.5. The van der Waals surface area contributed by atoms with Gasteiger partial charge in [0, 0.05) is 6.92 Å². The number of ether oxygens (including phenoxy) is 3. The summed E-state index contributed by atoms with van der Waals surface area (Å²) in [7, 11) is 0. The molecule has 3 aliphatic heterocycles. The summed E-state index contributed by atoms with van der Waals surface area (Å²) in [5, 5.41) is 20.9. The van der Waals surface area contributed by atoms with Crippen molar-refractivity contribution in [3.8, 4) is 0 Å². The number of aliphatic hydroxyl groups excluding tert-OH is 2. The van der Waals surface area contributed by atoms with Gasteiger partial charge in [-0.25, -0.2) is 0 Å². The predicted molar refractivity (Wildman–Crippen MR) is 95.2 cm³/mol. The molecule has 1 saturated carbocycles. The first kappa shape index (κ1) is 17.7. The summed E-state index contributed by atoms with van der Waals surface area (Å²) in [6.07, 6.45) is 5.71. The normalized spacial score (nSPS) is 51.3. The van der Waals surface area contributed by atoms with Crippen LogP contribution in [0.15, 0.2) is 23.5 Å². The van der Waals surface area contributed by atoms with Crippen molar-refractivity contribution in [2.45, 2.75) is 70.1 Å². The lowest BCUT2D eigenvalue weighted by Crippen LogP contribution is -2.50. The Morgan fingerprint density at radius 2 is 2.04 bits per heavy atom. The topological polar surface area (TPSA) is 85.2 Å². The van der Waals surface area contributed by atoms with E-state index in [4.69, 9.17) is 14.2 Å². The van der Waals surface area contributed by atoms with Crippen LogP contribution in [-0.4, -0.2) is 46.9 Å². The zero-order valence-electron chi connectivity index (χ0n) is 15.9. The van der Waals surface area contributed by atoms with E-state index in [1.54, 1.807) is 12.3 Å². The quantitative estimate of drug-likeness (QED) is 0.497. The highest BCUT2D eigenvalue weighted by atomic mass is 16.7. The van der Waals surface area contributed by atoms with E-state index < -0.39 is 17.8 Å². The molecule has 0 radical (unpaired) electrons. The molecule has 27 heavy (non-hydrogen) atoms. The molecule has 2 N–H and O–H groups in total. The molecule has 2 saturated heterocycles. The molecule has 5 aliphatic rings. The predicted octanol–water partition coefficient (Wildman–Crippen LogP) is 2.05. The van der Waals surface area contributed by atoms with Crippen molar-refractivity contribution in [2.24, 2.45) is 23.2 Å². The van der Waals surface area contributed by atoms with E-state index in [9.17, 15) is 15.0 Å². The summed E-state index contributed by atoms with van der Waals surface area (Å²) in [6, 6.07) is 0. The fourth-order valence-electron chi connectivity index (χ4n) is 6.23. The van der Waals surface area contributed by atoms with Gasteiger partial charge in [-0.2, -0.15) is 0 Å². The molecule has 0 aromatic rings. The van der Waals surface area contributed by atoms with Crippen molar-refractivity contribution < 1.29 is 29.2 Å². The minimum Gasteiger partial charge on any atom is -0.469 e. The highest BCUT2D eigenvalue weighted by Gasteiger charge is 2.58. The molecule has 5 rings (SSSR count). The molecule has 0 amide bonds. The average Bonchev–Trinajstić information content (AvgIpc) is 3.11. The molecule has 0 aromatic carbocycles. The number of carbonyl (C=O) groups excluding carboxylic acids is 1. The maximum absolute atomic E-state index is 13.1. The van der Waals surface area contributed by atoms with E-state index in [2.05, 4.69) is 6.92 Å². The average molecular weight is 376 g/mol. The number of fused-ring (bicyclic) bond motifs is 3. The van der Waals surface area contributed by atoms with Crippen LogP contribution in [0.3, 0.4) is 0 Å². The molecule has 148 valence electrons. The van der Waals surface area contributed by atoms with Gasteiger partial charge in [-0.05, 0) is 49.0 Å². The molecule has 8 atom stereocenters. The van der Waals surface area contributed by atoms with E-state index in [0.29, 0.717) is 13.0 Å². The standard InChI is InChI=1S/C21H28O6/c1-20-6-5-13(22)7-12(20)8-15(23)17-14(20)4-3-11-9-25-21(2)18(11)16(10-26-21)27-19(17)24/h8-9,13-18,22-23H,3-7,10H2,1-2H3/t13-,14-,15?,16+,17-,18+,20-,21-/m0/s1. The monoisotopic (exact) mass is 376 g/mol. The second kappa shape index (κ2) is 5.82. The summed E-state index contributed by atoms with van der Waals surface area (Å²) >= 11 is 0. The zero-order chi connectivity index (χ0) is 19.0. The van der Waals surface area contributed by atoms with Gasteiger partial charge in [-0.3, -0.25) is 4.79 Å². The van der Waals surface area contributed by atoms with Crippen LogP contribution in [-0.2, 0) is 19.0 Å². The Labute approximate surface area is 159 Å². The van der Waals surface area contributed by atoms with Crippen LogP contribution >= 0.6 is 0 Å². The third kappa shape index (κ3) is 2.46. The fourth-order valence-corrected chi connectivity index (χ4v) is 6.23. The van der Waals surface area contributed by atoms with Crippen LogP contribution in [0.4, 0.5) is 0 Å². The number of carbonyl (C=O) groups is 1. The lowest BCUT2D eigenvalue weighted by atomic mass is 9.55. The third-order valence-electron chi connectivity index (χ3n) is 7.78. The van der Waals surface area contributed by atoms with Gasteiger partial charge in [-0.15, -0.1) is 0 Å². The van der Waals surface area contributed by atoms with Crippen LogP contribution in [0.1, 0.15) is 46.0 Å². The summed E-state index contributed by atoms with van der Waals surface area (Å²) in [5.41, 5.74) is 2.03. The van der Waals surface area contributed by atoms with Gasteiger partial charge in [0.1, 0.15) is 6.10 Å². The largest absolute Gasteiger partial charge is 0.469 e. The second-order valence-electron chi connectivity index (χ2n) is 9.26. The number of rotatable bonds is 0. The zero-order valence-corrected chi connectivity index (χ0v) is 15.9. The summed E-state index contributed by atoms with van der Waals surface area (Å²) in [4.78, 5) is 13.1. The van der Waals surface area contributed by atoms with Crippen LogP contribution in [0, 0.1) is 23.2 Å². The van der Waals surface area contributed by atoms with Crippen molar-refractivity contribution >= 4 is 5.97 Å². The Morgan fingerprint density at radius 1 is 1.22 bits per heavy atom. The van der Waals surface area contributed by atoms with Gasteiger partial charge < -0.3 is 24.4 Å². The van der Waals surface area contributed by atoms with Gasteiger partial charge in [0.2, 0.25) is 5.79 Å². The maximum Gasteiger partial charge on any atom is 0.312 e. The van der Waals surface area contributed by atoms with Crippen LogP contribution in [0.5, 0.6) is 0 Å². The molecular weight excluding hydrogens is 348 g/mol. The number of esters is 1. The van der Waals surface area contributed by atoms with Crippen LogP contribution in [0.25, 0.3) is 0 Å². The fraction of sp³-hybridized carbons (Fsp3) is 0.762. The molecule has 0 aromatic heterocycles. The van der Waals surface area contributed by atoms with E-state index in [1.165, 1.54) is 0 Å². The van der Waals surface area contributed by atoms with Gasteiger partial charge in [-0.1, -0.05) is 18.6 Å². The first-order valence-electron chi connectivity index (χ1n) is 10.1. The summed E-state index contributed by atoms with van der Waals surface area (Å²) in [6.45, 7) is 4.41. The van der Waals surface area contributed by atoms with Gasteiger partial charge in [0.05, 0.1) is 36.9 Å². The molecule has 2 aliphatic carbocycles. The van der Waals surface area contributed by atoms with Gasteiger partial charge in [0.15, 0.2) is 0 Å². The molecule has 3 heterocycles. The Kier molecular flexibility index (Phi) is 3.81. The smallest absolute Gasteiger partial charge is 0.312 e.